The lowest BCUT2D eigenvalue weighted by Crippen LogP contribution is -2.43. The molecule has 0 unspecified atom stereocenters. The van der Waals surface area contributed by atoms with E-state index < -0.39 is 0 Å². The van der Waals surface area contributed by atoms with Gasteiger partial charge in [0.05, 0.1) is 21.2 Å². The summed E-state index contributed by atoms with van der Waals surface area (Å²) >= 11 is 1.63. The lowest BCUT2D eigenvalue weighted by Gasteiger charge is -2.32. The summed E-state index contributed by atoms with van der Waals surface area (Å²) in [6.07, 6.45) is 1.79. The van der Waals surface area contributed by atoms with Crippen LogP contribution in [0, 0.1) is 5.82 Å². The Labute approximate surface area is 207 Å². The molecule has 1 aliphatic rings. The SMILES string of the molecule is CN1CCN(Cc2ccc(-c3ccc4nccc(Nc5ccc6scnc6c5)c4c3)c(F)c2)CC1. The number of anilines is 2. The summed E-state index contributed by atoms with van der Waals surface area (Å²) in [6.45, 7) is 4.93. The van der Waals surface area contributed by atoms with E-state index in [-0.39, 0.29) is 5.82 Å². The molecule has 6 rings (SSSR count). The van der Waals surface area contributed by atoms with Gasteiger partial charge >= 0.3 is 0 Å². The molecule has 1 fully saturated rings. The molecule has 0 saturated carbocycles. The van der Waals surface area contributed by atoms with Crippen molar-refractivity contribution in [3.05, 3.63) is 83.8 Å². The first-order chi connectivity index (χ1) is 17.1. The van der Waals surface area contributed by atoms with Crippen LogP contribution < -0.4 is 5.32 Å². The molecule has 1 saturated heterocycles. The van der Waals surface area contributed by atoms with E-state index in [0.29, 0.717) is 5.56 Å². The van der Waals surface area contributed by atoms with E-state index in [4.69, 9.17) is 0 Å². The maximum atomic E-state index is 15.3. The molecule has 35 heavy (non-hydrogen) atoms. The zero-order valence-corrected chi connectivity index (χ0v) is 20.4. The number of hydrogen-bond donors (Lipinski definition) is 1. The molecule has 5 nitrogen and oxygen atoms in total. The number of nitrogens with one attached hydrogen (secondary N) is 1. The number of thiazole rings is 1. The van der Waals surface area contributed by atoms with Gasteiger partial charge in [0, 0.05) is 61.2 Å². The molecule has 2 aromatic heterocycles. The van der Waals surface area contributed by atoms with Crippen molar-refractivity contribution in [1.82, 2.24) is 19.8 Å². The Morgan fingerprint density at radius 3 is 2.66 bits per heavy atom. The number of fused-ring (bicyclic) bond motifs is 2. The van der Waals surface area contributed by atoms with Gasteiger partial charge in [-0.25, -0.2) is 9.37 Å². The Bertz CT molecular complexity index is 1510. The maximum Gasteiger partial charge on any atom is 0.131 e. The van der Waals surface area contributed by atoms with E-state index in [1.54, 1.807) is 23.6 Å². The molecule has 0 amide bonds. The maximum absolute atomic E-state index is 15.3. The third-order valence-corrected chi connectivity index (χ3v) is 7.51. The molecule has 5 aromatic rings. The lowest BCUT2D eigenvalue weighted by atomic mass is 10.0. The number of nitrogens with zero attached hydrogens (tertiary/aromatic N) is 4. The van der Waals surface area contributed by atoms with Crippen molar-refractivity contribution in [2.75, 3.05) is 38.5 Å². The molecule has 1 N–H and O–H groups in total. The zero-order chi connectivity index (χ0) is 23.8. The molecule has 0 spiro atoms. The Morgan fingerprint density at radius 1 is 0.914 bits per heavy atom. The quantitative estimate of drug-likeness (QED) is 0.325. The highest BCUT2D eigenvalue weighted by atomic mass is 32.1. The molecule has 3 aromatic carbocycles. The van der Waals surface area contributed by atoms with Crippen LogP contribution in [-0.4, -0.2) is 53.0 Å². The number of benzene rings is 3. The van der Waals surface area contributed by atoms with Crippen molar-refractivity contribution in [3.63, 3.8) is 0 Å². The fourth-order valence-electron chi connectivity index (χ4n) is 4.67. The number of likely N-dealkylation sites (N-methyl/N-ethyl adjacent to an activating group) is 1. The third kappa shape index (κ3) is 4.62. The van der Waals surface area contributed by atoms with Gasteiger partial charge in [0.25, 0.3) is 0 Å². The Kier molecular flexibility index (Phi) is 5.90. The lowest BCUT2D eigenvalue weighted by molar-refractivity contribution is 0.148. The van der Waals surface area contributed by atoms with E-state index in [0.717, 1.165) is 76.3 Å². The third-order valence-electron chi connectivity index (χ3n) is 6.70. The van der Waals surface area contributed by atoms with E-state index >= 15 is 4.39 Å². The van der Waals surface area contributed by atoms with Crippen LogP contribution in [0.2, 0.25) is 0 Å². The number of pyridine rings is 1. The zero-order valence-electron chi connectivity index (χ0n) is 19.5. The van der Waals surface area contributed by atoms with Crippen LogP contribution >= 0.6 is 11.3 Å². The summed E-state index contributed by atoms with van der Waals surface area (Å²) < 4.78 is 16.4. The van der Waals surface area contributed by atoms with Crippen molar-refractivity contribution in [1.29, 1.82) is 0 Å². The first-order valence-corrected chi connectivity index (χ1v) is 12.7. The number of halogens is 1. The van der Waals surface area contributed by atoms with Crippen LogP contribution in [0.4, 0.5) is 15.8 Å². The summed E-state index contributed by atoms with van der Waals surface area (Å²) in [5, 5.41) is 4.45. The van der Waals surface area contributed by atoms with Gasteiger partial charge in [0.15, 0.2) is 0 Å². The molecular weight excluding hydrogens is 457 g/mol. The van der Waals surface area contributed by atoms with Gasteiger partial charge in [-0.15, -0.1) is 11.3 Å². The second kappa shape index (κ2) is 9.34. The van der Waals surface area contributed by atoms with E-state index in [1.807, 2.05) is 48.0 Å². The smallest absolute Gasteiger partial charge is 0.131 e. The Hall–Kier alpha value is -3.39. The summed E-state index contributed by atoms with van der Waals surface area (Å²) in [7, 11) is 2.14. The average molecular weight is 484 g/mol. The molecule has 1 aliphatic heterocycles. The van der Waals surface area contributed by atoms with Gasteiger partial charge in [-0.05, 0) is 60.6 Å². The van der Waals surface area contributed by atoms with E-state index in [2.05, 4.69) is 44.3 Å². The largest absolute Gasteiger partial charge is 0.355 e. The van der Waals surface area contributed by atoms with Crippen LogP contribution in [0.25, 0.3) is 32.2 Å². The minimum absolute atomic E-state index is 0.191. The van der Waals surface area contributed by atoms with Gasteiger partial charge in [-0.1, -0.05) is 18.2 Å². The van der Waals surface area contributed by atoms with Crippen LogP contribution in [0.15, 0.2) is 72.4 Å². The number of aromatic nitrogens is 2. The Morgan fingerprint density at radius 2 is 1.80 bits per heavy atom. The minimum atomic E-state index is -0.191. The summed E-state index contributed by atoms with van der Waals surface area (Å²) in [5.41, 5.74) is 8.03. The molecule has 0 aliphatic carbocycles. The summed E-state index contributed by atoms with van der Waals surface area (Å²) in [5.74, 6) is -0.191. The van der Waals surface area contributed by atoms with Crippen LogP contribution in [-0.2, 0) is 6.54 Å². The van der Waals surface area contributed by atoms with Crippen molar-refractivity contribution in [2.24, 2.45) is 0 Å². The number of rotatable bonds is 5. The normalized spacial score (nSPS) is 15.1. The first kappa shape index (κ1) is 22.1. The number of piperazine rings is 1. The second-order valence-electron chi connectivity index (χ2n) is 9.14. The molecule has 0 atom stereocenters. The van der Waals surface area contributed by atoms with Crippen LogP contribution in [0.1, 0.15) is 5.56 Å². The Balaban J connectivity index is 1.28. The highest BCUT2D eigenvalue weighted by Gasteiger charge is 2.15. The van der Waals surface area contributed by atoms with Gasteiger partial charge < -0.3 is 10.2 Å². The van der Waals surface area contributed by atoms with Crippen molar-refractivity contribution in [2.45, 2.75) is 6.54 Å². The fraction of sp³-hybridized carbons (Fsp3) is 0.214. The fourth-order valence-corrected chi connectivity index (χ4v) is 5.33. The topological polar surface area (TPSA) is 44.3 Å². The second-order valence-corrected chi connectivity index (χ2v) is 10.0. The summed E-state index contributed by atoms with van der Waals surface area (Å²) in [6, 6.07) is 19.7. The van der Waals surface area contributed by atoms with Gasteiger partial charge in [0.1, 0.15) is 5.82 Å². The minimum Gasteiger partial charge on any atom is -0.355 e. The predicted molar refractivity (Wildman–Crippen MR) is 143 cm³/mol. The highest BCUT2D eigenvalue weighted by molar-refractivity contribution is 7.16. The monoisotopic (exact) mass is 483 g/mol. The number of hydrogen-bond acceptors (Lipinski definition) is 6. The molecule has 7 heteroatoms. The molecule has 176 valence electrons. The molecular formula is C28H26FN5S. The average Bonchev–Trinajstić information content (AvgIpc) is 3.34. The predicted octanol–water partition coefficient (Wildman–Crippen LogP) is 6.14. The van der Waals surface area contributed by atoms with Crippen LogP contribution in [0.3, 0.4) is 0 Å². The molecule has 3 heterocycles. The molecule has 0 radical (unpaired) electrons. The van der Waals surface area contributed by atoms with E-state index in [1.165, 1.54) is 0 Å². The van der Waals surface area contributed by atoms with Crippen molar-refractivity contribution < 1.29 is 4.39 Å². The first-order valence-electron chi connectivity index (χ1n) is 11.8. The van der Waals surface area contributed by atoms with Gasteiger partial charge in [-0.3, -0.25) is 9.88 Å². The van der Waals surface area contributed by atoms with Crippen molar-refractivity contribution in [3.8, 4) is 11.1 Å². The van der Waals surface area contributed by atoms with Gasteiger partial charge in [0.2, 0.25) is 0 Å². The highest BCUT2D eigenvalue weighted by Crippen LogP contribution is 2.32. The van der Waals surface area contributed by atoms with Gasteiger partial charge in [-0.2, -0.15) is 0 Å². The molecule has 0 bridgehead atoms. The summed E-state index contributed by atoms with van der Waals surface area (Å²) in [4.78, 5) is 13.6. The van der Waals surface area contributed by atoms with Crippen molar-refractivity contribution >= 4 is 43.8 Å². The van der Waals surface area contributed by atoms with Crippen LogP contribution in [0.5, 0.6) is 0 Å². The van der Waals surface area contributed by atoms with E-state index in [9.17, 15) is 0 Å². The standard InChI is InChI=1S/C28H26FN5S/c1-33-10-12-34(13-11-33)17-19-2-5-22(24(29)14-19)20-3-6-25-23(15-20)26(8-9-30-25)32-21-4-7-28-27(16-21)31-18-35-28/h2-9,14-16,18H,10-13,17H2,1H3,(H,30,32).